The van der Waals surface area contributed by atoms with Crippen LogP contribution < -0.4 is 4.90 Å². The first-order valence-corrected chi connectivity index (χ1v) is 16.1. The van der Waals surface area contributed by atoms with Crippen molar-refractivity contribution in [2.24, 2.45) is 5.92 Å². The summed E-state index contributed by atoms with van der Waals surface area (Å²) in [5, 5.41) is 17.4. The monoisotopic (exact) mass is 500 g/mol. The first-order valence-electron chi connectivity index (χ1n) is 13.0. The van der Waals surface area contributed by atoms with Gasteiger partial charge in [-0.25, -0.2) is 0 Å². The van der Waals surface area contributed by atoms with Gasteiger partial charge in [-0.05, 0) is 68.8 Å². The summed E-state index contributed by atoms with van der Waals surface area (Å²) >= 11 is 0. The molecule has 0 saturated carbocycles. The summed E-state index contributed by atoms with van der Waals surface area (Å²) in [4.78, 5) is 25.2. The van der Waals surface area contributed by atoms with Crippen molar-refractivity contribution in [1.82, 2.24) is 15.0 Å². The lowest BCUT2D eigenvalue weighted by molar-refractivity contribution is -0.119. The maximum absolute atomic E-state index is 12.2. The van der Waals surface area contributed by atoms with E-state index in [1.54, 1.807) is 0 Å². The van der Waals surface area contributed by atoms with Crippen LogP contribution in [-0.4, -0.2) is 64.5 Å². The number of aromatic nitrogens is 3. The number of benzene rings is 1. The molecule has 1 aromatic carbocycles. The molecule has 2 aromatic rings. The summed E-state index contributed by atoms with van der Waals surface area (Å²) in [6, 6.07) is 8.39. The minimum Gasteiger partial charge on any atom is -0.432 e. The minimum absolute atomic E-state index is 0.000326. The second-order valence-electron chi connectivity index (χ2n) is 10.7. The number of amides is 1. The predicted molar refractivity (Wildman–Crippen MR) is 138 cm³/mol. The molecule has 3 heterocycles. The molecule has 0 aliphatic carbocycles. The molecule has 192 valence electrons. The number of anilines is 1. The molecule has 4 rings (SSSR count). The molecule has 35 heavy (non-hydrogen) atoms. The van der Waals surface area contributed by atoms with Crippen molar-refractivity contribution < 1.29 is 19.4 Å². The van der Waals surface area contributed by atoms with Crippen molar-refractivity contribution in [3.05, 3.63) is 41.7 Å². The lowest BCUT2D eigenvalue weighted by Crippen LogP contribution is -2.40. The smallest absolute Gasteiger partial charge is 0.226 e. The summed E-state index contributed by atoms with van der Waals surface area (Å²) in [7, 11) is -2.42. The largest absolute Gasteiger partial charge is 0.432 e. The Morgan fingerprint density at radius 1 is 1.11 bits per heavy atom. The van der Waals surface area contributed by atoms with Gasteiger partial charge in [-0.1, -0.05) is 24.3 Å². The summed E-state index contributed by atoms with van der Waals surface area (Å²) in [5.74, 6) is 0.512. The topological polar surface area (TPSA) is 101 Å². The standard InChI is InChI=1S/C26H40N4O4Si/c1-19-23(12-9-20-7-10-22(11-8-20)30-15-5-4-6-25(30)32)34-24(26(19)35(2,3)33)13-16-29-18-21(14-17-31)27-28-29/h7-8,10-11,18-19,23-24,26,31,33H,4-6,9,12-17H2,1-3H3/t19-,23+,24-,26+/m0/s1. The van der Waals surface area contributed by atoms with E-state index in [1.165, 1.54) is 5.56 Å². The van der Waals surface area contributed by atoms with E-state index in [4.69, 9.17) is 9.84 Å². The van der Waals surface area contributed by atoms with Gasteiger partial charge in [0, 0.05) is 50.0 Å². The normalized spacial score (nSPS) is 25.4. The van der Waals surface area contributed by atoms with Crippen molar-refractivity contribution in [3.8, 4) is 0 Å². The fourth-order valence-corrected chi connectivity index (χ4v) is 8.50. The van der Waals surface area contributed by atoms with Crippen molar-refractivity contribution >= 4 is 19.9 Å². The van der Waals surface area contributed by atoms with Crippen LogP contribution in [0.25, 0.3) is 0 Å². The summed E-state index contributed by atoms with van der Waals surface area (Å²) in [5.41, 5.74) is 3.19. The van der Waals surface area contributed by atoms with Crippen LogP contribution in [0.4, 0.5) is 5.69 Å². The van der Waals surface area contributed by atoms with E-state index in [0.717, 1.165) is 50.0 Å². The molecule has 1 amide bonds. The highest BCUT2D eigenvalue weighted by Crippen LogP contribution is 2.45. The fourth-order valence-electron chi connectivity index (χ4n) is 5.85. The van der Waals surface area contributed by atoms with Crippen LogP contribution in [0.15, 0.2) is 30.5 Å². The number of hydrogen-bond acceptors (Lipinski definition) is 6. The van der Waals surface area contributed by atoms with Crippen LogP contribution in [0, 0.1) is 5.92 Å². The molecule has 0 unspecified atom stereocenters. The fraction of sp³-hybridized carbons (Fsp3) is 0.654. The van der Waals surface area contributed by atoms with E-state index in [-0.39, 0.29) is 36.2 Å². The molecule has 2 saturated heterocycles. The second-order valence-corrected chi connectivity index (χ2v) is 14.7. The van der Waals surface area contributed by atoms with Gasteiger partial charge >= 0.3 is 0 Å². The van der Waals surface area contributed by atoms with Gasteiger partial charge in [0.15, 0.2) is 8.32 Å². The molecule has 0 radical (unpaired) electrons. The molecule has 1 aromatic heterocycles. The van der Waals surface area contributed by atoms with Crippen LogP contribution in [0.2, 0.25) is 18.6 Å². The maximum atomic E-state index is 12.2. The molecule has 2 N–H and O–H groups in total. The summed E-state index contributed by atoms with van der Waals surface area (Å²) < 4.78 is 8.37. The van der Waals surface area contributed by atoms with E-state index < -0.39 is 8.32 Å². The second kappa shape index (κ2) is 11.3. The molecule has 2 fully saturated rings. The van der Waals surface area contributed by atoms with Gasteiger partial charge in [0.25, 0.3) is 0 Å². The highest BCUT2D eigenvalue weighted by Gasteiger charge is 2.49. The first-order chi connectivity index (χ1) is 16.8. The number of hydrogen-bond donors (Lipinski definition) is 2. The number of aliphatic hydroxyl groups excluding tert-OH is 1. The van der Waals surface area contributed by atoms with Crippen molar-refractivity contribution in [2.45, 2.75) is 89.3 Å². The van der Waals surface area contributed by atoms with E-state index in [1.807, 2.05) is 28.9 Å². The van der Waals surface area contributed by atoms with Gasteiger partial charge in [-0.2, -0.15) is 0 Å². The Bertz CT molecular complexity index is 974. The van der Waals surface area contributed by atoms with Crippen molar-refractivity contribution in [3.63, 3.8) is 0 Å². The zero-order valence-corrected chi connectivity index (χ0v) is 22.3. The number of nitrogens with zero attached hydrogens (tertiary/aromatic N) is 4. The van der Waals surface area contributed by atoms with E-state index >= 15 is 0 Å². The third-order valence-electron chi connectivity index (χ3n) is 7.60. The van der Waals surface area contributed by atoms with Gasteiger partial charge in [0.1, 0.15) is 0 Å². The number of rotatable bonds is 10. The summed E-state index contributed by atoms with van der Waals surface area (Å²) in [6.45, 7) is 7.81. The third-order valence-corrected chi connectivity index (χ3v) is 10.1. The van der Waals surface area contributed by atoms with E-state index in [9.17, 15) is 9.59 Å². The Balaban J connectivity index is 1.35. The number of aryl methyl sites for hydroxylation is 2. The SMILES string of the molecule is C[C@@H]1[C@@H]([Si](C)(C)O)[C@H](CCn2cc(CCO)nn2)O[C@@H]1CCc1ccc(N2CCCCC2=O)cc1. The van der Waals surface area contributed by atoms with Crippen LogP contribution in [0.3, 0.4) is 0 Å². The highest BCUT2D eigenvalue weighted by molar-refractivity contribution is 6.71. The molecular weight excluding hydrogens is 460 g/mol. The average molecular weight is 501 g/mol. The number of piperidine rings is 1. The zero-order valence-electron chi connectivity index (χ0n) is 21.3. The molecule has 4 atom stereocenters. The molecule has 2 aliphatic rings. The van der Waals surface area contributed by atoms with E-state index in [2.05, 4.69) is 41.5 Å². The Hall–Kier alpha value is -2.07. The van der Waals surface area contributed by atoms with E-state index in [0.29, 0.717) is 19.4 Å². The highest BCUT2D eigenvalue weighted by atomic mass is 28.4. The minimum atomic E-state index is -2.42. The number of aliphatic hydroxyl groups is 1. The molecule has 9 heteroatoms. The Kier molecular flexibility index (Phi) is 8.41. The lowest BCUT2D eigenvalue weighted by atomic mass is 9.95. The predicted octanol–water partition coefficient (Wildman–Crippen LogP) is 3.32. The molecular formula is C26H40N4O4Si. The van der Waals surface area contributed by atoms with Crippen molar-refractivity contribution in [2.75, 3.05) is 18.1 Å². The van der Waals surface area contributed by atoms with Gasteiger partial charge in [0.05, 0.1) is 17.9 Å². The van der Waals surface area contributed by atoms with Crippen molar-refractivity contribution in [1.29, 1.82) is 0 Å². The zero-order chi connectivity index (χ0) is 25.0. The number of carbonyl (C=O) groups excluding carboxylic acids is 1. The van der Waals surface area contributed by atoms with Gasteiger partial charge in [-0.15, -0.1) is 5.10 Å². The van der Waals surface area contributed by atoms with Gasteiger partial charge in [-0.3, -0.25) is 9.48 Å². The van der Waals surface area contributed by atoms with Crippen LogP contribution in [0.1, 0.15) is 50.3 Å². The molecule has 0 spiro atoms. The third kappa shape index (κ3) is 6.38. The molecule has 0 bridgehead atoms. The molecule has 8 nitrogen and oxygen atoms in total. The first kappa shape index (κ1) is 26.0. The van der Waals surface area contributed by atoms with Crippen LogP contribution in [0.5, 0.6) is 0 Å². The number of carbonyl (C=O) groups is 1. The lowest BCUT2D eigenvalue weighted by Gasteiger charge is -2.30. The Labute approximate surface area is 209 Å². The molecule has 2 aliphatic heterocycles. The number of ether oxygens (including phenoxy) is 1. The Morgan fingerprint density at radius 2 is 1.89 bits per heavy atom. The average Bonchev–Trinajstić information content (AvgIpc) is 3.40. The maximum Gasteiger partial charge on any atom is 0.226 e. The van der Waals surface area contributed by atoms with Crippen LogP contribution >= 0.6 is 0 Å². The van der Waals surface area contributed by atoms with Crippen LogP contribution in [-0.2, 0) is 28.9 Å². The van der Waals surface area contributed by atoms with Gasteiger partial charge in [0.2, 0.25) is 5.91 Å². The summed E-state index contributed by atoms with van der Waals surface area (Å²) in [6.07, 6.45) is 7.79. The Morgan fingerprint density at radius 3 is 2.57 bits per heavy atom. The quantitative estimate of drug-likeness (QED) is 0.486. The van der Waals surface area contributed by atoms with Gasteiger partial charge < -0.3 is 19.5 Å².